The number of rotatable bonds is 8. The number of thioether (sulfide) groups is 1. The quantitative estimate of drug-likeness (QED) is 0.527. The third kappa shape index (κ3) is 5.96. The molecule has 30 heavy (non-hydrogen) atoms. The number of aromatic nitrogens is 4. The Hall–Kier alpha value is -3.08. The predicted octanol–water partition coefficient (Wildman–Crippen LogP) is 4.38. The van der Waals surface area contributed by atoms with E-state index >= 15 is 0 Å². The number of ether oxygens (including phenoxy) is 1. The van der Waals surface area contributed by atoms with Crippen molar-refractivity contribution in [2.24, 2.45) is 0 Å². The van der Waals surface area contributed by atoms with Gasteiger partial charge in [0.1, 0.15) is 5.75 Å². The highest BCUT2D eigenvalue weighted by Crippen LogP contribution is 2.26. The van der Waals surface area contributed by atoms with Gasteiger partial charge in [-0.15, -0.1) is 23.4 Å². The molecule has 0 atom stereocenters. The van der Waals surface area contributed by atoms with Crippen LogP contribution in [0.1, 0.15) is 13.3 Å². The SMILES string of the molecule is CCCn1c(SCC(=O)Nc2ccc(OC(F)(F)F)cc2)nnc1-c1ccncc1. The van der Waals surface area contributed by atoms with E-state index in [0.717, 1.165) is 24.1 Å². The molecule has 0 radical (unpaired) electrons. The molecule has 1 N–H and O–H groups in total. The van der Waals surface area contributed by atoms with E-state index in [1.54, 1.807) is 12.4 Å². The number of pyridine rings is 1. The lowest BCUT2D eigenvalue weighted by Gasteiger charge is -2.10. The summed E-state index contributed by atoms with van der Waals surface area (Å²) in [6.45, 7) is 2.72. The number of hydrogen-bond donors (Lipinski definition) is 1. The fourth-order valence-electron chi connectivity index (χ4n) is 2.60. The van der Waals surface area contributed by atoms with Gasteiger partial charge in [0.05, 0.1) is 5.75 Å². The fourth-order valence-corrected chi connectivity index (χ4v) is 3.37. The summed E-state index contributed by atoms with van der Waals surface area (Å²) in [6.07, 6.45) is -0.551. The first-order chi connectivity index (χ1) is 14.4. The van der Waals surface area contributed by atoms with Crippen molar-refractivity contribution >= 4 is 23.4 Å². The van der Waals surface area contributed by atoms with E-state index in [-0.39, 0.29) is 17.4 Å². The molecule has 0 unspecified atom stereocenters. The van der Waals surface area contributed by atoms with E-state index in [2.05, 4.69) is 25.2 Å². The molecule has 11 heteroatoms. The molecule has 158 valence electrons. The van der Waals surface area contributed by atoms with Gasteiger partial charge in [0, 0.05) is 30.2 Å². The van der Waals surface area contributed by atoms with Crippen LogP contribution in [0.25, 0.3) is 11.4 Å². The van der Waals surface area contributed by atoms with Crippen LogP contribution in [0.3, 0.4) is 0 Å². The molecule has 0 fully saturated rings. The topological polar surface area (TPSA) is 81.9 Å². The lowest BCUT2D eigenvalue weighted by atomic mass is 10.2. The number of alkyl halides is 3. The second kappa shape index (κ2) is 9.61. The van der Waals surface area contributed by atoms with Crippen LogP contribution in [0, 0.1) is 0 Å². The number of amides is 1. The van der Waals surface area contributed by atoms with Crippen molar-refractivity contribution in [2.45, 2.75) is 31.4 Å². The number of halogens is 3. The summed E-state index contributed by atoms with van der Waals surface area (Å²) in [4.78, 5) is 16.2. The van der Waals surface area contributed by atoms with E-state index in [1.165, 1.54) is 23.9 Å². The molecule has 1 aromatic carbocycles. The van der Waals surface area contributed by atoms with Crippen molar-refractivity contribution in [3.8, 4) is 17.1 Å². The lowest BCUT2D eigenvalue weighted by molar-refractivity contribution is -0.274. The minimum Gasteiger partial charge on any atom is -0.406 e. The minimum absolute atomic E-state index is 0.0684. The van der Waals surface area contributed by atoms with Crippen molar-refractivity contribution in [3.63, 3.8) is 0 Å². The van der Waals surface area contributed by atoms with Crippen LogP contribution in [0.4, 0.5) is 18.9 Å². The Bertz CT molecular complexity index is 978. The molecule has 0 spiro atoms. The zero-order valence-electron chi connectivity index (χ0n) is 15.9. The molecule has 7 nitrogen and oxygen atoms in total. The first kappa shape index (κ1) is 21.6. The Balaban J connectivity index is 1.61. The molecular weight excluding hydrogens is 419 g/mol. The lowest BCUT2D eigenvalue weighted by Crippen LogP contribution is -2.17. The van der Waals surface area contributed by atoms with Gasteiger partial charge >= 0.3 is 6.36 Å². The van der Waals surface area contributed by atoms with Gasteiger partial charge in [-0.1, -0.05) is 18.7 Å². The maximum Gasteiger partial charge on any atom is 0.573 e. The van der Waals surface area contributed by atoms with Crippen LogP contribution in [-0.2, 0) is 11.3 Å². The number of carbonyl (C=O) groups excluding carboxylic acids is 1. The van der Waals surface area contributed by atoms with Crippen LogP contribution >= 0.6 is 11.8 Å². The van der Waals surface area contributed by atoms with Gasteiger partial charge in [0.15, 0.2) is 11.0 Å². The van der Waals surface area contributed by atoms with E-state index in [0.29, 0.717) is 23.2 Å². The summed E-state index contributed by atoms with van der Waals surface area (Å²) < 4.78 is 42.3. The van der Waals surface area contributed by atoms with Gasteiger partial charge in [-0.3, -0.25) is 9.78 Å². The maximum atomic E-state index is 12.2. The zero-order valence-corrected chi connectivity index (χ0v) is 16.7. The predicted molar refractivity (Wildman–Crippen MR) is 106 cm³/mol. The van der Waals surface area contributed by atoms with Gasteiger partial charge in [0.25, 0.3) is 0 Å². The largest absolute Gasteiger partial charge is 0.573 e. The van der Waals surface area contributed by atoms with E-state index < -0.39 is 6.36 Å². The average molecular weight is 437 g/mol. The molecule has 0 saturated heterocycles. The molecule has 3 aromatic rings. The zero-order chi connectivity index (χ0) is 21.6. The molecule has 2 aromatic heterocycles. The van der Waals surface area contributed by atoms with Crippen LogP contribution in [0.15, 0.2) is 53.9 Å². The first-order valence-electron chi connectivity index (χ1n) is 8.98. The third-order valence-electron chi connectivity index (χ3n) is 3.81. The van der Waals surface area contributed by atoms with Crippen molar-refractivity contribution < 1.29 is 22.7 Å². The molecular formula is C19H18F3N5O2S. The van der Waals surface area contributed by atoms with Gasteiger partial charge in [-0.05, 0) is 42.8 Å². The first-order valence-corrected chi connectivity index (χ1v) is 9.96. The monoisotopic (exact) mass is 437 g/mol. The summed E-state index contributed by atoms with van der Waals surface area (Å²) in [5, 5.41) is 11.7. The Morgan fingerprint density at radius 1 is 1.13 bits per heavy atom. The molecule has 0 aliphatic heterocycles. The van der Waals surface area contributed by atoms with Gasteiger partial charge in [-0.25, -0.2) is 0 Å². The second-order valence-electron chi connectivity index (χ2n) is 6.10. The van der Waals surface area contributed by atoms with Gasteiger partial charge in [-0.2, -0.15) is 0 Å². The number of nitrogens with zero attached hydrogens (tertiary/aromatic N) is 4. The van der Waals surface area contributed by atoms with Crippen molar-refractivity contribution in [2.75, 3.05) is 11.1 Å². The van der Waals surface area contributed by atoms with Crippen LogP contribution in [0.2, 0.25) is 0 Å². The molecule has 1 amide bonds. The highest BCUT2D eigenvalue weighted by molar-refractivity contribution is 7.99. The number of carbonyl (C=O) groups is 1. The van der Waals surface area contributed by atoms with Gasteiger partial charge < -0.3 is 14.6 Å². The number of nitrogens with one attached hydrogen (secondary N) is 1. The second-order valence-corrected chi connectivity index (χ2v) is 7.05. The number of hydrogen-bond acceptors (Lipinski definition) is 6. The Labute approximate surface area is 174 Å². The molecule has 2 heterocycles. The number of benzene rings is 1. The van der Waals surface area contributed by atoms with Crippen LogP contribution in [-0.4, -0.2) is 37.8 Å². The Morgan fingerprint density at radius 3 is 2.47 bits per heavy atom. The van der Waals surface area contributed by atoms with Crippen molar-refractivity contribution in [3.05, 3.63) is 48.8 Å². The van der Waals surface area contributed by atoms with Crippen molar-refractivity contribution in [1.29, 1.82) is 0 Å². The summed E-state index contributed by atoms with van der Waals surface area (Å²) >= 11 is 1.23. The normalized spacial score (nSPS) is 11.3. The minimum atomic E-state index is -4.76. The molecule has 0 aliphatic carbocycles. The molecule has 0 aliphatic rings. The standard InChI is InChI=1S/C19H18F3N5O2S/c1-2-11-27-17(13-7-9-23-10-8-13)25-26-18(27)30-12-16(28)24-14-3-5-15(6-4-14)29-19(20,21)22/h3-10H,2,11-12H2,1H3,(H,24,28). The maximum absolute atomic E-state index is 12.2. The molecule has 0 bridgehead atoms. The summed E-state index contributed by atoms with van der Waals surface area (Å²) in [6, 6.07) is 8.62. The van der Waals surface area contributed by atoms with Crippen LogP contribution < -0.4 is 10.1 Å². The Kier molecular flexibility index (Phi) is 6.93. The summed E-state index contributed by atoms with van der Waals surface area (Å²) in [7, 11) is 0. The third-order valence-corrected chi connectivity index (χ3v) is 4.77. The van der Waals surface area contributed by atoms with Gasteiger partial charge in [0.2, 0.25) is 5.91 Å². The van der Waals surface area contributed by atoms with E-state index in [1.807, 2.05) is 23.6 Å². The highest BCUT2D eigenvalue weighted by atomic mass is 32.2. The summed E-state index contributed by atoms with van der Waals surface area (Å²) in [5.41, 5.74) is 1.24. The smallest absolute Gasteiger partial charge is 0.406 e. The molecule has 0 saturated carbocycles. The van der Waals surface area contributed by atoms with Crippen molar-refractivity contribution in [1.82, 2.24) is 19.7 Å². The van der Waals surface area contributed by atoms with E-state index in [9.17, 15) is 18.0 Å². The average Bonchev–Trinajstić information content (AvgIpc) is 3.10. The number of anilines is 1. The summed E-state index contributed by atoms with van der Waals surface area (Å²) in [5.74, 6) is 0.0912. The van der Waals surface area contributed by atoms with Crippen LogP contribution in [0.5, 0.6) is 5.75 Å². The Morgan fingerprint density at radius 2 is 1.83 bits per heavy atom. The fraction of sp³-hybridized carbons (Fsp3) is 0.263. The van der Waals surface area contributed by atoms with E-state index in [4.69, 9.17) is 0 Å². The highest BCUT2D eigenvalue weighted by Gasteiger charge is 2.31. The molecule has 3 rings (SSSR count).